The van der Waals surface area contributed by atoms with Crippen molar-refractivity contribution < 1.29 is 29.4 Å². The van der Waals surface area contributed by atoms with Crippen molar-refractivity contribution in [3.8, 4) is 0 Å². The fourth-order valence-corrected chi connectivity index (χ4v) is 3.35. The van der Waals surface area contributed by atoms with Crippen LogP contribution in [-0.4, -0.2) is 69.2 Å². The number of carbonyl (C=O) groups is 4. The zero-order valence-electron chi connectivity index (χ0n) is 19.7. The van der Waals surface area contributed by atoms with Crippen LogP contribution >= 0.6 is 0 Å². The summed E-state index contributed by atoms with van der Waals surface area (Å²) in [5.41, 5.74) is 7.59. The van der Waals surface area contributed by atoms with Gasteiger partial charge in [-0.05, 0) is 31.4 Å². The number of fused-ring (bicyclic) bond motifs is 1. The van der Waals surface area contributed by atoms with Crippen molar-refractivity contribution in [1.82, 2.24) is 20.9 Å². The molecule has 3 amide bonds. The number of H-pyrrole nitrogens is 1. The maximum atomic E-state index is 13.1. The molecule has 186 valence electrons. The molecule has 1 aromatic heterocycles. The number of aliphatic hydroxyl groups is 1. The van der Waals surface area contributed by atoms with Crippen molar-refractivity contribution in [1.29, 1.82) is 0 Å². The lowest BCUT2D eigenvalue weighted by atomic mass is 10.0. The van der Waals surface area contributed by atoms with Crippen molar-refractivity contribution in [2.45, 2.75) is 64.4 Å². The van der Waals surface area contributed by atoms with E-state index in [1.165, 1.54) is 13.8 Å². The molecule has 0 aliphatic rings. The number of para-hydroxylation sites is 1. The summed E-state index contributed by atoms with van der Waals surface area (Å²) in [4.78, 5) is 52.5. The highest BCUT2D eigenvalue weighted by Gasteiger charge is 2.30. The third kappa shape index (κ3) is 6.78. The van der Waals surface area contributed by atoms with Gasteiger partial charge in [-0.25, -0.2) is 4.79 Å². The number of carboxylic acids is 1. The molecule has 0 radical (unpaired) electrons. The Hall–Kier alpha value is -3.44. The summed E-state index contributed by atoms with van der Waals surface area (Å²) in [7, 11) is 0. The van der Waals surface area contributed by atoms with Crippen LogP contribution in [0.25, 0.3) is 10.9 Å². The van der Waals surface area contributed by atoms with Crippen molar-refractivity contribution in [3.63, 3.8) is 0 Å². The van der Waals surface area contributed by atoms with Crippen LogP contribution in [0.5, 0.6) is 0 Å². The molecule has 0 aliphatic heterocycles. The minimum atomic E-state index is -1.53. The minimum absolute atomic E-state index is 0.131. The second-order valence-electron chi connectivity index (χ2n) is 8.69. The summed E-state index contributed by atoms with van der Waals surface area (Å²) < 4.78 is 0. The first-order chi connectivity index (χ1) is 15.9. The molecular weight excluding hydrogens is 442 g/mol. The molecular formula is C23H33N5O6. The maximum absolute atomic E-state index is 13.1. The fourth-order valence-electron chi connectivity index (χ4n) is 3.35. The standard InChI is InChI=1S/C23H33N5O6/c1-11(2)18(24)22(32)27-17(9-14-10-25-16-8-6-5-7-15(14)16)21(31)26-12(3)20(30)28-19(13(4)29)23(33)34/h5-8,10-13,17-19,25,29H,9,24H2,1-4H3,(H,26,31)(H,27,32)(H,28,30)(H,33,34). The fraction of sp³-hybridized carbons (Fsp3) is 0.478. The van der Waals surface area contributed by atoms with Gasteiger partial charge in [-0.15, -0.1) is 0 Å². The van der Waals surface area contributed by atoms with Crippen LogP contribution in [0.15, 0.2) is 30.5 Å². The molecule has 11 nitrogen and oxygen atoms in total. The van der Waals surface area contributed by atoms with E-state index in [2.05, 4.69) is 20.9 Å². The number of aromatic nitrogens is 1. The van der Waals surface area contributed by atoms with Gasteiger partial charge in [-0.1, -0.05) is 32.0 Å². The SMILES string of the molecule is CC(NC(=O)C(Cc1c[nH]c2ccccc12)NC(=O)C(N)C(C)C)C(=O)NC(C(=O)O)C(C)O. The average molecular weight is 476 g/mol. The van der Waals surface area contributed by atoms with E-state index in [0.29, 0.717) is 0 Å². The van der Waals surface area contributed by atoms with Crippen LogP contribution in [0, 0.1) is 5.92 Å². The van der Waals surface area contributed by atoms with Gasteiger partial charge in [0.25, 0.3) is 0 Å². The lowest BCUT2D eigenvalue weighted by Crippen LogP contribution is -2.58. The third-order valence-corrected chi connectivity index (χ3v) is 5.55. The predicted molar refractivity (Wildman–Crippen MR) is 126 cm³/mol. The molecule has 0 spiro atoms. The van der Waals surface area contributed by atoms with Crippen LogP contribution in [-0.2, 0) is 25.6 Å². The molecule has 0 saturated carbocycles. The van der Waals surface area contributed by atoms with Crippen molar-refractivity contribution in [3.05, 3.63) is 36.0 Å². The molecule has 0 bridgehead atoms. The highest BCUT2D eigenvalue weighted by molar-refractivity contribution is 5.94. The zero-order chi connectivity index (χ0) is 25.6. The van der Waals surface area contributed by atoms with Crippen LogP contribution < -0.4 is 21.7 Å². The van der Waals surface area contributed by atoms with Gasteiger partial charge in [0, 0.05) is 23.5 Å². The van der Waals surface area contributed by atoms with Gasteiger partial charge in [0.1, 0.15) is 12.1 Å². The molecule has 1 aromatic carbocycles. The summed E-state index contributed by atoms with van der Waals surface area (Å²) in [6.07, 6.45) is 0.540. The summed E-state index contributed by atoms with van der Waals surface area (Å²) in [5, 5.41) is 27.0. The number of carboxylic acid groups (broad SMARTS) is 1. The third-order valence-electron chi connectivity index (χ3n) is 5.55. The molecule has 0 saturated heterocycles. The molecule has 0 fully saturated rings. The Bertz CT molecular complexity index is 1030. The van der Waals surface area contributed by atoms with E-state index < -0.39 is 54.0 Å². The Kier molecular flexibility index (Phi) is 9.16. The monoisotopic (exact) mass is 475 g/mol. The van der Waals surface area contributed by atoms with E-state index >= 15 is 0 Å². The number of hydrogen-bond acceptors (Lipinski definition) is 6. The van der Waals surface area contributed by atoms with E-state index in [0.717, 1.165) is 16.5 Å². The Morgan fingerprint density at radius 2 is 1.62 bits per heavy atom. The number of hydrogen-bond donors (Lipinski definition) is 7. The topological polar surface area (TPSA) is 187 Å². The van der Waals surface area contributed by atoms with Crippen molar-refractivity contribution >= 4 is 34.6 Å². The number of nitrogens with two attached hydrogens (primary N) is 1. The number of benzene rings is 1. The number of aliphatic hydroxyl groups excluding tert-OH is 1. The van der Waals surface area contributed by atoms with E-state index in [4.69, 9.17) is 10.8 Å². The molecule has 2 aromatic rings. The van der Waals surface area contributed by atoms with Gasteiger partial charge in [0.15, 0.2) is 6.04 Å². The number of amides is 3. The van der Waals surface area contributed by atoms with Crippen LogP contribution in [0.3, 0.4) is 0 Å². The summed E-state index contributed by atoms with van der Waals surface area (Å²) in [5.74, 6) is -3.50. The Labute approximate surface area is 197 Å². The molecule has 5 unspecified atom stereocenters. The van der Waals surface area contributed by atoms with Crippen molar-refractivity contribution in [2.75, 3.05) is 0 Å². The van der Waals surface area contributed by atoms with Gasteiger partial charge in [0.05, 0.1) is 12.1 Å². The smallest absolute Gasteiger partial charge is 0.328 e. The van der Waals surface area contributed by atoms with Gasteiger partial charge >= 0.3 is 5.97 Å². The van der Waals surface area contributed by atoms with Crippen LogP contribution in [0.2, 0.25) is 0 Å². The second kappa shape index (κ2) is 11.6. The second-order valence-corrected chi connectivity index (χ2v) is 8.69. The number of aromatic amines is 1. The van der Waals surface area contributed by atoms with E-state index in [1.807, 2.05) is 24.3 Å². The van der Waals surface area contributed by atoms with Gasteiger partial charge < -0.3 is 36.9 Å². The first kappa shape index (κ1) is 26.8. The Morgan fingerprint density at radius 1 is 0.971 bits per heavy atom. The predicted octanol–water partition coefficient (Wildman–Crippen LogP) is -0.367. The van der Waals surface area contributed by atoms with E-state index in [-0.39, 0.29) is 12.3 Å². The first-order valence-electron chi connectivity index (χ1n) is 11.0. The quantitative estimate of drug-likeness (QED) is 0.231. The first-order valence-corrected chi connectivity index (χ1v) is 11.0. The molecule has 34 heavy (non-hydrogen) atoms. The van der Waals surface area contributed by atoms with Crippen LogP contribution in [0.4, 0.5) is 0 Å². The number of carbonyl (C=O) groups excluding carboxylic acids is 3. The highest BCUT2D eigenvalue weighted by Crippen LogP contribution is 2.19. The number of aliphatic carboxylic acids is 1. The van der Waals surface area contributed by atoms with Gasteiger partial charge in [0.2, 0.25) is 17.7 Å². The number of rotatable bonds is 11. The lowest BCUT2D eigenvalue weighted by molar-refractivity contribution is -0.145. The maximum Gasteiger partial charge on any atom is 0.328 e. The van der Waals surface area contributed by atoms with Crippen LogP contribution in [0.1, 0.15) is 33.3 Å². The summed E-state index contributed by atoms with van der Waals surface area (Å²) in [6.45, 7) is 6.17. The molecule has 5 atom stereocenters. The largest absolute Gasteiger partial charge is 0.480 e. The number of nitrogens with one attached hydrogen (secondary N) is 4. The minimum Gasteiger partial charge on any atom is -0.480 e. The van der Waals surface area contributed by atoms with E-state index in [1.54, 1.807) is 20.0 Å². The molecule has 8 N–H and O–H groups in total. The molecule has 2 rings (SSSR count). The lowest BCUT2D eigenvalue weighted by Gasteiger charge is -2.24. The van der Waals surface area contributed by atoms with Gasteiger partial charge in [-0.3, -0.25) is 14.4 Å². The molecule has 11 heteroatoms. The van der Waals surface area contributed by atoms with Gasteiger partial charge in [-0.2, -0.15) is 0 Å². The highest BCUT2D eigenvalue weighted by atomic mass is 16.4. The Balaban J connectivity index is 2.20. The molecule has 0 aliphatic carbocycles. The Morgan fingerprint density at radius 3 is 2.21 bits per heavy atom. The van der Waals surface area contributed by atoms with Crippen molar-refractivity contribution in [2.24, 2.45) is 11.7 Å². The summed E-state index contributed by atoms with van der Waals surface area (Å²) in [6, 6.07) is 2.96. The molecule has 1 heterocycles. The normalized spacial score (nSPS) is 15.7. The zero-order valence-corrected chi connectivity index (χ0v) is 19.7. The van der Waals surface area contributed by atoms with E-state index in [9.17, 15) is 24.3 Å². The average Bonchev–Trinajstić information content (AvgIpc) is 3.18. The summed E-state index contributed by atoms with van der Waals surface area (Å²) >= 11 is 0.